The van der Waals surface area contributed by atoms with Gasteiger partial charge in [-0.15, -0.1) is 0 Å². The second kappa shape index (κ2) is 6.30. The number of halogens is 1. The van der Waals surface area contributed by atoms with Crippen LogP contribution in [0.5, 0.6) is 0 Å². The van der Waals surface area contributed by atoms with Crippen molar-refractivity contribution in [1.29, 1.82) is 0 Å². The van der Waals surface area contributed by atoms with Gasteiger partial charge < -0.3 is 16.4 Å². The van der Waals surface area contributed by atoms with Gasteiger partial charge in [-0.3, -0.25) is 0 Å². The van der Waals surface area contributed by atoms with Crippen LogP contribution in [-0.4, -0.2) is 6.03 Å². The summed E-state index contributed by atoms with van der Waals surface area (Å²) in [7, 11) is 0. The highest BCUT2D eigenvalue weighted by Gasteiger charge is 2.12. The Morgan fingerprint density at radius 1 is 1.20 bits per heavy atom. The van der Waals surface area contributed by atoms with Crippen molar-refractivity contribution >= 4 is 29.0 Å². The topological polar surface area (TPSA) is 67.2 Å². The van der Waals surface area contributed by atoms with Crippen molar-refractivity contribution in [3.8, 4) is 0 Å². The van der Waals surface area contributed by atoms with Crippen molar-refractivity contribution in [2.24, 2.45) is 0 Å². The lowest BCUT2D eigenvalue weighted by Gasteiger charge is -2.16. The molecule has 1 unspecified atom stereocenters. The number of hydrogen-bond acceptors (Lipinski definition) is 2. The number of anilines is 2. The van der Waals surface area contributed by atoms with Crippen LogP contribution in [0.4, 0.5) is 16.2 Å². The molecule has 0 fully saturated rings. The van der Waals surface area contributed by atoms with Crippen LogP contribution in [0.25, 0.3) is 0 Å². The van der Waals surface area contributed by atoms with Crippen LogP contribution in [0.2, 0.25) is 5.02 Å². The second-order valence-corrected chi connectivity index (χ2v) is 4.87. The summed E-state index contributed by atoms with van der Waals surface area (Å²) in [5.41, 5.74) is 7.78. The first-order valence-electron chi connectivity index (χ1n) is 6.24. The van der Waals surface area contributed by atoms with Gasteiger partial charge in [0, 0.05) is 16.4 Å². The second-order valence-electron chi connectivity index (χ2n) is 4.47. The standard InChI is InChI=1S/C15H16ClN3O/c1-10(13-7-2-3-8-14(13)16)18-15(20)19-12-6-4-5-11(17)9-12/h2-10H,17H2,1H3,(H2,18,19,20). The van der Waals surface area contributed by atoms with E-state index >= 15 is 0 Å². The Morgan fingerprint density at radius 2 is 1.95 bits per heavy atom. The third kappa shape index (κ3) is 3.65. The molecule has 20 heavy (non-hydrogen) atoms. The fraction of sp³-hybridized carbons (Fsp3) is 0.133. The average molecular weight is 290 g/mol. The number of nitrogens with one attached hydrogen (secondary N) is 2. The number of hydrogen-bond donors (Lipinski definition) is 3. The van der Waals surface area contributed by atoms with Crippen LogP contribution in [0.15, 0.2) is 48.5 Å². The Balaban J connectivity index is 2.00. The van der Waals surface area contributed by atoms with E-state index in [0.29, 0.717) is 16.4 Å². The maximum atomic E-state index is 11.9. The van der Waals surface area contributed by atoms with Crippen LogP contribution >= 0.6 is 11.6 Å². The van der Waals surface area contributed by atoms with Gasteiger partial charge in [0.25, 0.3) is 0 Å². The SMILES string of the molecule is CC(NC(=O)Nc1cccc(N)c1)c1ccccc1Cl. The molecule has 0 saturated carbocycles. The Kier molecular flexibility index (Phi) is 4.48. The molecular formula is C15H16ClN3O. The van der Waals surface area contributed by atoms with Crippen LogP contribution in [0.3, 0.4) is 0 Å². The first-order chi connectivity index (χ1) is 9.56. The van der Waals surface area contributed by atoms with Gasteiger partial charge in [0.05, 0.1) is 6.04 Å². The van der Waals surface area contributed by atoms with Crippen LogP contribution in [0.1, 0.15) is 18.5 Å². The number of benzene rings is 2. The van der Waals surface area contributed by atoms with E-state index in [1.165, 1.54) is 0 Å². The molecule has 2 aromatic carbocycles. The zero-order valence-electron chi connectivity index (χ0n) is 11.1. The largest absolute Gasteiger partial charge is 0.399 e. The number of rotatable bonds is 3. The van der Waals surface area contributed by atoms with E-state index in [2.05, 4.69) is 10.6 Å². The third-order valence-corrected chi connectivity index (χ3v) is 3.21. The summed E-state index contributed by atoms with van der Waals surface area (Å²) >= 11 is 6.10. The Labute approximate surface area is 122 Å². The molecule has 0 heterocycles. The lowest BCUT2D eigenvalue weighted by Crippen LogP contribution is -2.31. The first-order valence-corrected chi connectivity index (χ1v) is 6.61. The molecule has 2 rings (SSSR count). The molecule has 2 aromatic rings. The molecule has 0 radical (unpaired) electrons. The van der Waals surface area contributed by atoms with Crippen molar-refractivity contribution in [3.05, 3.63) is 59.1 Å². The van der Waals surface area contributed by atoms with Crippen molar-refractivity contribution < 1.29 is 4.79 Å². The maximum absolute atomic E-state index is 11.9. The molecule has 2 amide bonds. The highest BCUT2D eigenvalue weighted by Crippen LogP contribution is 2.22. The van der Waals surface area contributed by atoms with Crippen LogP contribution in [0, 0.1) is 0 Å². The number of carbonyl (C=O) groups is 1. The quantitative estimate of drug-likeness (QED) is 0.752. The number of nitrogen functional groups attached to an aromatic ring is 1. The summed E-state index contributed by atoms with van der Waals surface area (Å²) in [5, 5.41) is 6.19. The Morgan fingerprint density at radius 3 is 2.65 bits per heavy atom. The molecular weight excluding hydrogens is 274 g/mol. The maximum Gasteiger partial charge on any atom is 0.319 e. The molecule has 0 bridgehead atoms. The highest BCUT2D eigenvalue weighted by molar-refractivity contribution is 6.31. The van der Waals surface area contributed by atoms with Gasteiger partial charge in [0.1, 0.15) is 0 Å². The monoisotopic (exact) mass is 289 g/mol. The molecule has 0 aliphatic carbocycles. The summed E-state index contributed by atoms with van der Waals surface area (Å²) < 4.78 is 0. The summed E-state index contributed by atoms with van der Waals surface area (Å²) in [6.45, 7) is 1.88. The first kappa shape index (κ1) is 14.2. The Hall–Kier alpha value is -2.20. The normalized spacial score (nSPS) is 11.7. The van der Waals surface area contributed by atoms with E-state index in [4.69, 9.17) is 17.3 Å². The van der Waals surface area contributed by atoms with Crippen molar-refractivity contribution in [3.63, 3.8) is 0 Å². The summed E-state index contributed by atoms with van der Waals surface area (Å²) in [5.74, 6) is 0. The van der Waals surface area contributed by atoms with E-state index in [1.807, 2.05) is 25.1 Å². The Bertz CT molecular complexity index is 616. The van der Waals surface area contributed by atoms with E-state index in [-0.39, 0.29) is 12.1 Å². The molecule has 1 atom stereocenters. The van der Waals surface area contributed by atoms with Gasteiger partial charge in [0.15, 0.2) is 0 Å². The highest BCUT2D eigenvalue weighted by atomic mass is 35.5. The molecule has 0 aliphatic rings. The average Bonchev–Trinajstić information content (AvgIpc) is 2.38. The molecule has 0 saturated heterocycles. The molecule has 0 aromatic heterocycles. The molecule has 0 aliphatic heterocycles. The fourth-order valence-electron chi connectivity index (χ4n) is 1.88. The van der Waals surface area contributed by atoms with Gasteiger partial charge in [-0.25, -0.2) is 4.79 Å². The van der Waals surface area contributed by atoms with Crippen molar-refractivity contribution in [1.82, 2.24) is 5.32 Å². The van der Waals surface area contributed by atoms with Crippen molar-refractivity contribution in [2.45, 2.75) is 13.0 Å². The zero-order chi connectivity index (χ0) is 14.5. The predicted octanol–water partition coefficient (Wildman–Crippen LogP) is 3.80. The van der Waals surface area contributed by atoms with Crippen LogP contribution < -0.4 is 16.4 Å². The van der Waals surface area contributed by atoms with Gasteiger partial charge in [0.2, 0.25) is 0 Å². The van der Waals surface area contributed by atoms with Gasteiger partial charge in [-0.2, -0.15) is 0 Å². The molecule has 4 N–H and O–H groups in total. The molecule has 4 nitrogen and oxygen atoms in total. The van der Waals surface area contributed by atoms with Crippen LogP contribution in [-0.2, 0) is 0 Å². The van der Waals surface area contributed by atoms with E-state index in [1.54, 1.807) is 30.3 Å². The van der Waals surface area contributed by atoms with Gasteiger partial charge in [-0.05, 0) is 36.8 Å². The number of nitrogens with two attached hydrogens (primary N) is 1. The smallest absolute Gasteiger partial charge is 0.319 e. The van der Waals surface area contributed by atoms with E-state index in [0.717, 1.165) is 5.56 Å². The number of amides is 2. The number of urea groups is 1. The minimum absolute atomic E-state index is 0.190. The van der Waals surface area contributed by atoms with E-state index in [9.17, 15) is 4.79 Å². The van der Waals surface area contributed by atoms with Gasteiger partial charge >= 0.3 is 6.03 Å². The summed E-state index contributed by atoms with van der Waals surface area (Å²) in [6.07, 6.45) is 0. The summed E-state index contributed by atoms with van der Waals surface area (Å²) in [6, 6.07) is 13.9. The molecule has 104 valence electrons. The minimum atomic E-state index is -0.303. The summed E-state index contributed by atoms with van der Waals surface area (Å²) in [4.78, 5) is 11.9. The lowest BCUT2D eigenvalue weighted by atomic mass is 10.1. The predicted molar refractivity (Wildman–Crippen MR) is 82.9 cm³/mol. The van der Waals surface area contributed by atoms with E-state index < -0.39 is 0 Å². The van der Waals surface area contributed by atoms with Crippen molar-refractivity contribution in [2.75, 3.05) is 11.1 Å². The third-order valence-electron chi connectivity index (χ3n) is 2.86. The fourth-order valence-corrected chi connectivity index (χ4v) is 2.18. The molecule has 5 heteroatoms. The lowest BCUT2D eigenvalue weighted by molar-refractivity contribution is 0.249. The number of carbonyl (C=O) groups excluding carboxylic acids is 1. The zero-order valence-corrected chi connectivity index (χ0v) is 11.8. The molecule has 0 spiro atoms. The minimum Gasteiger partial charge on any atom is -0.399 e. The van der Waals surface area contributed by atoms with Gasteiger partial charge in [-0.1, -0.05) is 35.9 Å².